The summed E-state index contributed by atoms with van der Waals surface area (Å²) in [7, 11) is 0. The molecule has 2 aromatic heterocycles. The smallest absolute Gasteiger partial charge is 0.203 e. The fraction of sp³-hybridized carbons (Fsp3) is 0.0455. The molecule has 0 amide bonds. The summed E-state index contributed by atoms with van der Waals surface area (Å²) in [6, 6.07) is 18.1. The van der Waals surface area contributed by atoms with Gasteiger partial charge in [-0.05, 0) is 35.9 Å². The molecule has 29 heavy (non-hydrogen) atoms. The maximum atomic E-state index is 12.3. The third kappa shape index (κ3) is 4.01. The molecule has 4 rings (SSSR count). The van der Waals surface area contributed by atoms with Crippen LogP contribution >= 0.6 is 0 Å². The van der Waals surface area contributed by atoms with Gasteiger partial charge in [-0.1, -0.05) is 18.2 Å². The van der Waals surface area contributed by atoms with Crippen LogP contribution in [0.25, 0.3) is 17.1 Å². The molecule has 2 heterocycles. The van der Waals surface area contributed by atoms with Crippen LogP contribution in [0.4, 0.5) is 0 Å². The molecule has 2 aromatic carbocycles. The monoisotopic (exact) mass is 381 g/mol. The van der Waals surface area contributed by atoms with Gasteiger partial charge in [0.15, 0.2) is 11.6 Å². The number of hydrogen-bond donors (Lipinski definition) is 1. The second-order valence-electron chi connectivity index (χ2n) is 6.37. The molecule has 7 heteroatoms. The lowest BCUT2D eigenvalue weighted by molar-refractivity contribution is 0.470. The van der Waals surface area contributed by atoms with E-state index in [4.69, 9.17) is 5.26 Å². The number of nitriles is 1. The van der Waals surface area contributed by atoms with Crippen molar-refractivity contribution in [3.05, 3.63) is 100 Å². The molecule has 0 spiro atoms. The highest BCUT2D eigenvalue weighted by Gasteiger charge is 2.08. The first-order valence-electron chi connectivity index (χ1n) is 8.82. The number of aromatic hydroxyl groups is 1. The zero-order valence-electron chi connectivity index (χ0n) is 15.2. The molecule has 0 saturated carbocycles. The zero-order chi connectivity index (χ0) is 20.2. The fourth-order valence-electron chi connectivity index (χ4n) is 2.89. The van der Waals surface area contributed by atoms with Gasteiger partial charge in [0.05, 0.1) is 29.7 Å². The van der Waals surface area contributed by atoms with Crippen LogP contribution in [-0.4, -0.2) is 24.9 Å². The minimum Gasteiger partial charge on any atom is -0.505 e. The Labute approximate surface area is 166 Å². The number of benzene rings is 2. The van der Waals surface area contributed by atoms with Crippen molar-refractivity contribution in [2.75, 3.05) is 0 Å². The Bertz CT molecular complexity index is 1260. The van der Waals surface area contributed by atoms with E-state index < -0.39 is 0 Å². The van der Waals surface area contributed by atoms with Crippen molar-refractivity contribution in [3.8, 4) is 28.9 Å². The number of aromatic nitrogens is 4. The summed E-state index contributed by atoms with van der Waals surface area (Å²) in [5.74, 6) is 0.488. The summed E-state index contributed by atoms with van der Waals surface area (Å²) in [6.07, 6.45) is 4.63. The second kappa shape index (κ2) is 7.74. The molecule has 0 saturated heterocycles. The standard InChI is InChI=1S/C22H15N5O2/c23-12-15-4-6-18(7-5-15)27-9-8-21(29)20(26-27)11-16-2-1-3-17(10-16)22-24-13-19(28)14-25-22/h1-10,13-14,28H,11H2. The van der Waals surface area contributed by atoms with Crippen molar-refractivity contribution in [1.29, 1.82) is 5.26 Å². The van der Waals surface area contributed by atoms with E-state index >= 15 is 0 Å². The van der Waals surface area contributed by atoms with Crippen molar-refractivity contribution in [2.24, 2.45) is 0 Å². The van der Waals surface area contributed by atoms with Crippen LogP contribution in [0.2, 0.25) is 0 Å². The molecule has 0 bridgehead atoms. The third-order valence-corrected chi connectivity index (χ3v) is 4.34. The van der Waals surface area contributed by atoms with Crippen molar-refractivity contribution in [1.82, 2.24) is 19.7 Å². The fourth-order valence-corrected chi connectivity index (χ4v) is 2.89. The van der Waals surface area contributed by atoms with Crippen molar-refractivity contribution in [3.63, 3.8) is 0 Å². The lowest BCUT2D eigenvalue weighted by Gasteiger charge is -2.08. The van der Waals surface area contributed by atoms with Gasteiger partial charge in [0, 0.05) is 24.2 Å². The van der Waals surface area contributed by atoms with Crippen LogP contribution in [-0.2, 0) is 6.42 Å². The van der Waals surface area contributed by atoms with E-state index in [0.29, 0.717) is 23.5 Å². The first kappa shape index (κ1) is 18.1. The second-order valence-corrected chi connectivity index (χ2v) is 6.37. The van der Waals surface area contributed by atoms with Crippen LogP contribution in [0.15, 0.2) is 78.0 Å². The van der Waals surface area contributed by atoms with E-state index in [-0.39, 0.29) is 11.2 Å². The summed E-state index contributed by atoms with van der Waals surface area (Å²) in [5, 5.41) is 22.7. The molecule has 4 aromatic rings. The average molecular weight is 381 g/mol. The first-order chi connectivity index (χ1) is 14.1. The lowest BCUT2D eigenvalue weighted by Crippen LogP contribution is -2.16. The van der Waals surface area contributed by atoms with Crippen LogP contribution in [0, 0.1) is 11.3 Å². The highest BCUT2D eigenvalue weighted by molar-refractivity contribution is 5.56. The average Bonchev–Trinajstić information content (AvgIpc) is 2.76. The van der Waals surface area contributed by atoms with Gasteiger partial charge in [-0.15, -0.1) is 0 Å². The van der Waals surface area contributed by atoms with Gasteiger partial charge in [0.2, 0.25) is 5.43 Å². The van der Waals surface area contributed by atoms with Crippen LogP contribution in [0.3, 0.4) is 0 Å². The highest BCUT2D eigenvalue weighted by atomic mass is 16.3. The minimum atomic E-state index is -0.152. The minimum absolute atomic E-state index is 0.00161. The van der Waals surface area contributed by atoms with Gasteiger partial charge in [0.1, 0.15) is 5.69 Å². The van der Waals surface area contributed by atoms with Gasteiger partial charge in [-0.3, -0.25) is 4.79 Å². The van der Waals surface area contributed by atoms with E-state index in [1.54, 1.807) is 35.1 Å². The molecule has 0 radical (unpaired) electrons. The number of hydrogen-bond acceptors (Lipinski definition) is 6. The summed E-state index contributed by atoms with van der Waals surface area (Å²) in [6.45, 7) is 0. The van der Waals surface area contributed by atoms with Gasteiger partial charge in [-0.25, -0.2) is 14.6 Å². The topological polar surface area (TPSA) is 105 Å². The van der Waals surface area contributed by atoms with Gasteiger partial charge in [-0.2, -0.15) is 10.4 Å². The molecule has 0 unspecified atom stereocenters. The molecular formula is C22H15N5O2. The Kier molecular flexibility index (Phi) is 4.82. The van der Waals surface area contributed by atoms with Gasteiger partial charge < -0.3 is 5.11 Å². The highest BCUT2D eigenvalue weighted by Crippen LogP contribution is 2.18. The van der Waals surface area contributed by atoms with Crippen LogP contribution in [0.1, 0.15) is 16.8 Å². The maximum absolute atomic E-state index is 12.3. The van der Waals surface area contributed by atoms with Crippen LogP contribution in [0.5, 0.6) is 5.75 Å². The Balaban J connectivity index is 1.64. The van der Waals surface area contributed by atoms with Gasteiger partial charge >= 0.3 is 0 Å². The molecule has 7 nitrogen and oxygen atoms in total. The Hall–Kier alpha value is -4.31. The molecule has 0 atom stereocenters. The summed E-state index contributed by atoms with van der Waals surface area (Å²) >= 11 is 0. The number of rotatable bonds is 4. The van der Waals surface area contributed by atoms with Crippen molar-refractivity contribution >= 4 is 0 Å². The molecule has 0 aliphatic rings. The molecule has 140 valence electrons. The normalized spacial score (nSPS) is 10.4. The SMILES string of the molecule is N#Cc1ccc(-n2ccc(=O)c(Cc3cccc(-c4ncc(O)cn4)c3)n2)cc1. The summed E-state index contributed by atoms with van der Waals surface area (Å²) < 4.78 is 1.62. The predicted octanol–water partition coefficient (Wildman–Crippen LogP) is 2.86. The van der Waals surface area contributed by atoms with Gasteiger partial charge in [0.25, 0.3) is 0 Å². The first-order valence-corrected chi connectivity index (χ1v) is 8.82. The Morgan fingerprint density at radius 3 is 2.52 bits per heavy atom. The Morgan fingerprint density at radius 2 is 1.79 bits per heavy atom. The quantitative estimate of drug-likeness (QED) is 0.583. The Morgan fingerprint density at radius 1 is 1.03 bits per heavy atom. The molecular weight excluding hydrogens is 366 g/mol. The number of nitrogens with zero attached hydrogens (tertiary/aromatic N) is 5. The van der Waals surface area contributed by atoms with E-state index in [0.717, 1.165) is 16.8 Å². The van der Waals surface area contributed by atoms with E-state index in [9.17, 15) is 9.90 Å². The molecule has 1 N–H and O–H groups in total. The van der Waals surface area contributed by atoms with E-state index in [1.165, 1.54) is 18.5 Å². The largest absolute Gasteiger partial charge is 0.505 e. The maximum Gasteiger partial charge on any atom is 0.203 e. The summed E-state index contributed by atoms with van der Waals surface area (Å²) in [5.41, 5.74) is 3.24. The molecule has 0 aliphatic carbocycles. The zero-order valence-corrected chi connectivity index (χ0v) is 15.2. The third-order valence-electron chi connectivity index (χ3n) is 4.34. The molecule has 0 fully saturated rings. The van der Waals surface area contributed by atoms with Crippen molar-refractivity contribution in [2.45, 2.75) is 6.42 Å². The summed E-state index contributed by atoms with van der Waals surface area (Å²) in [4.78, 5) is 20.6. The van der Waals surface area contributed by atoms with Crippen molar-refractivity contribution < 1.29 is 5.11 Å². The lowest BCUT2D eigenvalue weighted by atomic mass is 10.1. The molecule has 0 aliphatic heterocycles. The predicted molar refractivity (Wildman–Crippen MR) is 106 cm³/mol. The van der Waals surface area contributed by atoms with E-state index in [2.05, 4.69) is 21.1 Å². The van der Waals surface area contributed by atoms with E-state index in [1.807, 2.05) is 24.3 Å². The van der Waals surface area contributed by atoms with Crippen LogP contribution < -0.4 is 5.43 Å².